The van der Waals surface area contributed by atoms with Crippen LogP contribution < -0.4 is 24.8 Å². The Morgan fingerprint density at radius 3 is 2.20 bits per heavy atom. The lowest BCUT2D eigenvalue weighted by Crippen LogP contribution is -2.27. The summed E-state index contributed by atoms with van der Waals surface area (Å²) in [5.41, 5.74) is 2.74. The molecule has 212 valence electrons. The molecular formula is C31H31N3O6S. The van der Waals surface area contributed by atoms with Crippen LogP contribution in [0.4, 0.5) is 11.4 Å². The molecule has 0 aliphatic heterocycles. The quantitative estimate of drug-likeness (QED) is 0.231. The third-order valence-corrected chi connectivity index (χ3v) is 7.75. The van der Waals surface area contributed by atoms with Gasteiger partial charge in [-0.15, -0.1) is 0 Å². The monoisotopic (exact) mass is 573 g/mol. The van der Waals surface area contributed by atoms with Crippen LogP contribution in [0.3, 0.4) is 0 Å². The van der Waals surface area contributed by atoms with Crippen molar-refractivity contribution < 1.29 is 27.5 Å². The number of carbonyl (C=O) groups excluding carboxylic acids is 2. The summed E-state index contributed by atoms with van der Waals surface area (Å²) in [4.78, 5) is 26.3. The van der Waals surface area contributed by atoms with Crippen molar-refractivity contribution in [2.75, 3.05) is 30.8 Å². The molecule has 4 aromatic rings. The number of hydrogen-bond donors (Lipinski definition) is 3. The van der Waals surface area contributed by atoms with Crippen molar-refractivity contribution in [3.05, 3.63) is 113 Å². The molecule has 3 N–H and O–H groups in total. The number of rotatable bonds is 11. The van der Waals surface area contributed by atoms with Gasteiger partial charge in [-0.05, 0) is 73.0 Å². The summed E-state index contributed by atoms with van der Waals surface area (Å²) in [6.45, 7) is 2.10. The van der Waals surface area contributed by atoms with Gasteiger partial charge in [-0.3, -0.25) is 14.3 Å². The molecule has 0 fully saturated rings. The highest BCUT2D eigenvalue weighted by atomic mass is 32.2. The Kier molecular flexibility index (Phi) is 9.26. The van der Waals surface area contributed by atoms with Gasteiger partial charge in [-0.1, -0.05) is 42.5 Å². The van der Waals surface area contributed by atoms with Gasteiger partial charge < -0.3 is 20.1 Å². The zero-order chi connectivity index (χ0) is 29.4. The molecule has 2 amide bonds. The van der Waals surface area contributed by atoms with Crippen LogP contribution in [0.2, 0.25) is 0 Å². The minimum Gasteiger partial charge on any atom is -0.493 e. The predicted octanol–water partition coefficient (Wildman–Crippen LogP) is 5.04. The second-order valence-electron chi connectivity index (χ2n) is 9.14. The largest absolute Gasteiger partial charge is 0.493 e. The molecule has 0 bridgehead atoms. The predicted molar refractivity (Wildman–Crippen MR) is 158 cm³/mol. The van der Waals surface area contributed by atoms with E-state index < -0.39 is 15.9 Å². The number of hydrogen-bond acceptors (Lipinski definition) is 6. The average Bonchev–Trinajstić information content (AvgIpc) is 2.98. The highest BCUT2D eigenvalue weighted by molar-refractivity contribution is 7.92. The second-order valence-corrected chi connectivity index (χ2v) is 10.8. The van der Waals surface area contributed by atoms with Crippen LogP contribution in [0.25, 0.3) is 0 Å². The molecule has 0 saturated heterocycles. The molecule has 4 aromatic carbocycles. The maximum atomic E-state index is 13.2. The van der Waals surface area contributed by atoms with Gasteiger partial charge in [0.2, 0.25) is 0 Å². The molecule has 0 heterocycles. The fourth-order valence-corrected chi connectivity index (χ4v) is 5.26. The highest BCUT2D eigenvalue weighted by Crippen LogP contribution is 2.28. The zero-order valence-corrected chi connectivity index (χ0v) is 23.7. The number of benzene rings is 4. The molecule has 41 heavy (non-hydrogen) atoms. The smallest absolute Gasteiger partial charge is 0.261 e. The van der Waals surface area contributed by atoms with Gasteiger partial charge in [0, 0.05) is 12.1 Å². The summed E-state index contributed by atoms with van der Waals surface area (Å²) < 4.78 is 38.8. The highest BCUT2D eigenvalue weighted by Gasteiger charge is 2.18. The Bertz CT molecular complexity index is 1660. The Labute approximate surface area is 239 Å². The van der Waals surface area contributed by atoms with Gasteiger partial charge in [0.05, 0.1) is 36.1 Å². The number of aryl methyl sites for hydroxylation is 1. The molecule has 0 unspecified atom stereocenters. The summed E-state index contributed by atoms with van der Waals surface area (Å²) in [6.07, 6.45) is 0.561. The average molecular weight is 574 g/mol. The van der Waals surface area contributed by atoms with Crippen molar-refractivity contribution in [3.8, 4) is 11.5 Å². The fraction of sp³-hybridized carbons (Fsp3) is 0.161. The van der Waals surface area contributed by atoms with Crippen molar-refractivity contribution >= 4 is 33.2 Å². The standard InChI is InChI=1S/C31H31N3O6S/c1-21-13-15-23(20-27(21)34-41(37,38)24-9-5-4-6-10-24)30(35)33-26-12-8-7-11-25(26)31(36)32-18-17-22-14-16-28(39-2)29(19-22)40-3/h4-16,19-20,34H,17-18H2,1-3H3,(H,32,36)(H,33,35). The van der Waals surface area contributed by atoms with Crippen LogP contribution in [-0.2, 0) is 16.4 Å². The first-order chi connectivity index (χ1) is 19.7. The first kappa shape index (κ1) is 29.2. The summed E-state index contributed by atoms with van der Waals surface area (Å²) >= 11 is 0. The topological polar surface area (TPSA) is 123 Å². The summed E-state index contributed by atoms with van der Waals surface area (Å²) in [6, 6.07) is 24.9. The van der Waals surface area contributed by atoms with Crippen molar-refractivity contribution in [2.45, 2.75) is 18.2 Å². The van der Waals surface area contributed by atoms with E-state index in [-0.39, 0.29) is 22.1 Å². The van der Waals surface area contributed by atoms with Crippen LogP contribution in [0, 0.1) is 6.92 Å². The van der Waals surface area contributed by atoms with Gasteiger partial charge in [0.15, 0.2) is 11.5 Å². The van der Waals surface area contributed by atoms with Gasteiger partial charge in [-0.25, -0.2) is 8.42 Å². The van der Waals surface area contributed by atoms with Crippen molar-refractivity contribution in [3.63, 3.8) is 0 Å². The van der Waals surface area contributed by atoms with Gasteiger partial charge in [0.1, 0.15) is 0 Å². The summed E-state index contributed by atoms with van der Waals surface area (Å²) in [7, 11) is -0.706. The number of ether oxygens (including phenoxy) is 2. The number of methoxy groups -OCH3 is 2. The molecule has 9 nitrogen and oxygen atoms in total. The van der Waals surface area contributed by atoms with Crippen molar-refractivity contribution in [2.24, 2.45) is 0 Å². The number of sulfonamides is 1. The zero-order valence-electron chi connectivity index (χ0n) is 22.9. The maximum absolute atomic E-state index is 13.2. The molecule has 0 saturated carbocycles. The number of carbonyl (C=O) groups is 2. The lowest BCUT2D eigenvalue weighted by atomic mass is 10.1. The fourth-order valence-electron chi connectivity index (χ4n) is 4.11. The van der Waals surface area contributed by atoms with E-state index in [0.717, 1.165) is 5.56 Å². The number of amides is 2. The Balaban J connectivity index is 1.44. The number of anilines is 2. The SMILES string of the molecule is COc1ccc(CCNC(=O)c2ccccc2NC(=O)c2ccc(C)c(NS(=O)(=O)c3ccccc3)c2)cc1OC. The van der Waals surface area contributed by atoms with Crippen molar-refractivity contribution in [1.29, 1.82) is 0 Å². The lowest BCUT2D eigenvalue weighted by Gasteiger charge is -2.14. The first-order valence-corrected chi connectivity index (χ1v) is 14.3. The molecule has 4 rings (SSSR count). The third kappa shape index (κ3) is 7.23. The normalized spacial score (nSPS) is 10.9. The minimum atomic E-state index is -3.84. The second kappa shape index (κ2) is 13.0. The van der Waals surface area contributed by atoms with E-state index in [1.54, 1.807) is 75.7 Å². The minimum absolute atomic E-state index is 0.111. The lowest BCUT2D eigenvalue weighted by molar-refractivity contribution is 0.0955. The molecule has 0 aliphatic rings. The van der Waals surface area contributed by atoms with E-state index in [4.69, 9.17) is 9.47 Å². The Morgan fingerprint density at radius 2 is 1.46 bits per heavy atom. The van der Waals surface area contributed by atoms with E-state index in [1.807, 2.05) is 18.2 Å². The van der Waals surface area contributed by atoms with Crippen molar-refractivity contribution in [1.82, 2.24) is 5.32 Å². The Hall–Kier alpha value is -4.83. The summed E-state index contributed by atoms with van der Waals surface area (Å²) in [5, 5.41) is 5.66. The Morgan fingerprint density at radius 1 is 0.756 bits per heavy atom. The van der Waals surface area contributed by atoms with Crippen LogP contribution in [-0.4, -0.2) is 41.0 Å². The van der Waals surface area contributed by atoms with E-state index in [2.05, 4.69) is 15.4 Å². The van der Waals surface area contributed by atoms with Crippen LogP contribution in [0.1, 0.15) is 31.8 Å². The van der Waals surface area contributed by atoms with Crippen LogP contribution in [0.5, 0.6) is 11.5 Å². The third-order valence-electron chi connectivity index (χ3n) is 6.36. The molecule has 0 spiro atoms. The first-order valence-electron chi connectivity index (χ1n) is 12.8. The van der Waals surface area contributed by atoms with Gasteiger partial charge in [-0.2, -0.15) is 0 Å². The molecule has 0 radical (unpaired) electrons. The molecule has 0 aromatic heterocycles. The molecule has 0 atom stereocenters. The molecule has 0 aliphatic carbocycles. The van der Waals surface area contributed by atoms with Gasteiger partial charge >= 0.3 is 0 Å². The molecule has 10 heteroatoms. The van der Waals surface area contributed by atoms with E-state index in [1.165, 1.54) is 18.2 Å². The van der Waals surface area contributed by atoms with Crippen LogP contribution >= 0.6 is 0 Å². The van der Waals surface area contributed by atoms with Crippen LogP contribution in [0.15, 0.2) is 95.9 Å². The van der Waals surface area contributed by atoms with E-state index in [0.29, 0.717) is 41.3 Å². The molecular weight excluding hydrogens is 542 g/mol. The number of para-hydroxylation sites is 1. The maximum Gasteiger partial charge on any atom is 0.261 e. The number of nitrogens with one attached hydrogen (secondary N) is 3. The van der Waals surface area contributed by atoms with E-state index in [9.17, 15) is 18.0 Å². The van der Waals surface area contributed by atoms with Gasteiger partial charge in [0.25, 0.3) is 21.8 Å². The van der Waals surface area contributed by atoms with E-state index >= 15 is 0 Å². The summed E-state index contributed by atoms with van der Waals surface area (Å²) in [5.74, 6) is 0.396.